The summed E-state index contributed by atoms with van der Waals surface area (Å²) in [4.78, 5) is 2.56. The summed E-state index contributed by atoms with van der Waals surface area (Å²) in [6, 6.07) is 11.3. The second-order valence-corrected chi connectivity index (χ2v) is 5.43. The van der Waals surface area contributed by atoms with Crippen molar-refractivity contribution in [2.75, 3.05) is 19.6 Å². The first-order chi connectivity index (χ1) is 8.79. The number of likely N-dealkylation sites (tertiary alicyclic amines) is 1. The molecule has 0 aliphatic carbocycles. The Hall–Kier alpha value is -0.860. The molecule has 1 aliphatic rings. The molecule has 2 nitrogen and oxygen atoms in total. The normalized spacial score (nSPS) is 19.9. The summed E-state index contributed by atoms with van der Waals surface area (Å²) in [6.07, 6.45) is 2.69. The SMILES string of the molecule is CCN1CCC(C(C)NCc2ccccc2)CC1. The molecule has 1 aromatic carbocycles. The molecule has 1 aromatic rings. The van der Waals surface area contributed by atoms with Crippen LogP contribution in [-0.4, -0.2) is 30.6 Å². The van der Waals surface area contributed by atoms with Crippen molar-refractivity contribution < 1.29 is 0 Å². The summed E-state index contributed by atoms with van der Waals surface area (Å²) in [7, 11) is 0. The molecule has 0 spiro atoms. The molecule has 1 saturated heterocycles. The molecule has 0 bridgehead atoms. The predicted molar refractivity (Wildman–Crippen MR) is 77.6 cm³/mol. The van der Waals surface area contributed by atoms with Gasteiger partial charge in [0.05, 0.1) is 0 Å². The number of benzene rings is 1. The molecule has 0 amide bonds. The topological polar surface area (TPSA) is 15.3 Å². The minimum atomic E-state index is 0.629. The van der Waals surface area contributed by atoms with Gasteiger partial charge in [-0.1, -0.05) is 37.3 Å². The van der Waals surface area contributed by atoms with E-state index >= 15 is 0 Å². The molecule has 0 aromatic heterocycles. The molecule has 2 heteroatoms. The third-order valence-corrected chi connectivity index (χ3v) is 4.26. The first-order valence-electron chi connectivity index (χ1n) is 7.29. The molecule has 1 atom stereocenters. The van der Waals surface area contributed by atoms with Gasteiger partial charge in [0.1, 0.15) is 0 Å². The van der Waals surface area contributed by atoms with Crippen LogP contribution in [-0.2, 0) is 6.54 Å². The minimum absolute atomic E-state index is 0.629. The lowest BCUT2D eigenvalue weighted by Crippen LogP contribution is -2.41. The van der Waals surface area contributed by atoms with Gasteiger partial charge in [-0.05, 0) is 50.9 Å². The van der Waals surface area contributed by atoms with Gasteiger partial charge in [-0.3, -0.25) is 0 Å². The smallest absolute Gasteiger partial charge is 0.0208 e. The Morgan fingerprint density at radius 1 is 1.22 bits per heavy atom. The van der Waals surface area contributed by atoms with Crippen LogP contribution in [0.15, 0.2) is 30.3 Å². The first-order valence-corrected chi connectivity index (χ1v) is 7.29. The van der Waals surface area contributed by atoms with Gasteiger partial charge in [-0.15, -0.1) is 0 Å². The van der Waals surface area contributed by atoms with Crippen molar-refractivity contribution in [2.24, 2.45) is 5.92 Å². The van der Waals surface area contributed by atoms with Crippen molar-refractivity contribution in [3.8, 4) is 0 Å². The maximum atomic E-state index is 3.68. The molecule has 1 N–H and O–H groups in total. The van der Waals surface area contributed by atoms with Crippen molar-refractivity contribution in [2.45, 2.75) is 39.3 Å². The Labute approximate surface area is 111 Å². The average molecular weight is 246 g/mol. The van der Waals surface area contributed by atoms with Gasteiger partial charge in [0, 0.05) is 12.6 Å². The maximum Gasteiger partial charge on any atom is 0.0208 e. The summed E-state index contributed by atoms with van der Waals surface area (Å²) in [5.74, 6) is 0.844. The predicted octanol–water partition coefficient (Wildman–Crippen LogP) is 2.90. The fraction of sp³-hybridized carbons (Fsp3) is 0.625. The number of hydrogen-bond donors (Lipinski definition) is 1. The molecule has 1 unspecified atom stereocenters. The fourth-order valence-corrected chi connectivity index (χ4v) is 2.81. The number of rotatable bonds is 5. The van der Waals surface area contributed by atoms with E-state index in [1.807, 2.05) is 0 Å². The van der Waals surface area contributed by atoms with Gasteiger partial charge in [-0.25, -0.2) is 0 Å². The largest absolute Gasteiger partial charge is 0.310 e. The number of nitrogens with one attached hydrogen (secondary N) is 1. The maximum absolute atomic E-state index is 3.68. The molecule has 1 fully saturated rings. The Balaban J connectivity index is 1.73. The third-order valence-electron chi connectivity index (χ3n) is 4.26. The van der Waals surface area contributed by atoms with Crippen LogP contribution in [0.2, 0.25) is 0 Å². The molecule has 1 aliphatic heterocycles. The van der Waals surface area contributed by atoms with Crippen LogP contribution in [0.3, 0.4) is 0 Å². The molecule has 100 valence electrons. The third kappa shape index (κ3) is 3.82. The van der Waals surface area contributed by atoms with E-state index in [9.17, 15) is 0 Å². The Morgan fingerprint density at radius 3 is 2.50 bits per heavy atom. The standard InChI is InChI=1S/C16H26N2/c1-3-18-11-9-16(10-12-18)14(2)17-13-15-7-5-4-6-8-15/h4-8,14,16-17H,3,9-13H2,1-2H3. The fourth-order valence-electron chi connectivity index (χ4n) is 2.81. The minimum Gasteiger partial charge on any atom is -0.310 e. The zero-order chi connectivity index (χ0) is 12.8. The van der Waals surface area contributed by atoms with Crippen LogP contribution >= 0.6 is 0 Å². The van der Waals surface area contributed by atoms with Crippen LogP contribution in [0, 0.1) is 5.92 Å². The number of nitrogens with zero attached hydrogens (tertiary/aromatic N) is 1. The summed E-state index contributed by atoms with van der Waals surface area (Å²) >= 11 is 0. The number of hydrogen-bond acceptors (Lipinski definition) is 2. The van der Waals surface area contributed by atoms with E-state index < -0.39 is 0 Å². The molecule has 0 saturated carbocycles. The second-order valence-electron chi connectivity index (χ2n) is 5.43. The van der Waals surface area contributed by atoms with E-state index in [1.165, 1.54) is 38.0 Å². The quantitative estimate of drug-likeness (QED) is 0.859. The highest BCUT2D eigenvalue weighted by Crippen LogP contribution is 2.20. The zero-order valence-electron chi connectivity index (χ0n) is 11.7. The van der Waals surface area contributed by atoms with E-state index in [0.29, 0.717) is 6.04 Å². The van der Waals surface area contributed by atoms with Gasteiger partial charge in [0.25, 0.3) is 0 Å². The average Bonchev–Trinajstić information content (AvgIpc) is 2.46. The Bertz CT molecular complexity index is 328. The van der Waals surface area contributed by atoms with Crippen LogP contribution in [0.25, 0.3) is 0 Å². The Morgan fingerprint density at radius 2 is 1.89 bits per heavy atom. The van der Waals surface area contributed by atoms with Crippen LogP contribution in [0.4, 0.5) is 0 Å². The highest BCUT2D eigenvalue weighted by atomic mass is 15.1. The van der Waals surface area contributed by atoms with Crippen molar-refractivity contribution in [3.63, 3.8) is 0 Å². The summed E-state index contributed by atoms with van der Waals surface area (Å²) in [5, 5.41) is 3.68. The highest BCUT2D eigenvalue weighted by molar-refractivity contribution is 5.14. The summed E-state index contributed by atoms with van der Waals surface area (Å²) in [5.41, 5.74) is 1.38. The molecule has 2 rings (SSSR count). The van der Waals surface area contributed by atoms with Crippen LogP contribution in [0.5, 0.6) is 0 Å². The van der Waals surface area contributed by atoms with Crippen molar-refractivity contribution in [1.29, 1.82) is 0 Å². The molecule has 0 radical (unpaired) electrons. The van der Waals surface area contributed by atoms with Crippen LogP contribution in [0.1, 0.15) is 32.3 Å². The van der Waals surface area contributed by atoms with Gasteiger partial charge in [0.15, 0.2) is 0 Å². The summed E-state index contributed by atoms with van der Waals surface area (Å²) < 4.78 is 0. The highest BCUT2D eigenvalue weighted by Gasteiger charge is 2.22. The van der Waals surface area contributed by atoms with Crippen molar-refractivity contribution >= 4 is 0 Å². The van der Waals surface area contributed by atoms with E-state index in [2.05, 4.69) is 54.4 Å². The second kappa shape index (κ2) is 6.91. The lowest BCUT2D eigenvalue weighted by molar-refractivity contribution is 0.168. The van der Waals surface area contributed by atoms with Crippen molar-refractivity contribution in [1.82, 2.24) is 10.2 Å². The van der Waals surface area contributed by atoms with E-state index in [0.717, 1.165) is 12.5 Å². The van der Waals surface area contributed by atoms with Crippen molar-refractivity contribution in [3.05, 3.63) is 35.9 Å². The van der Waals surface area contributed by atoms with E-state index in [1.54, 1.807) is 0 Å². The van der Waals surface area contributed by atoms with Gasteiger partial charge in [0.2, 0.25) is 0 Å². The molecule has 18 heavy (non-hydrogen) atoms. The van der Waals surface area contributed by atoms with E-state index in [-0.39, 0.29) is 0 Å². The van der Waals surface area contributed by atoms with E-state index in [4.69, 9.17) is 0 Å². The first kappa shape index (κ1) is 13.6. The van der Waals surface area contributed by atoms with Gasteiger partial charge >= 0.3 is 0 Å². The van der Waals surface area contributed by atoms with Gasteiger partial charge < -0.3 is 10.2 Å². The molecular weight excluding hydrogens is 220 g/mol. The van der Waals surface area contributed by atoms with Crippen LogP contribution < -0.4 is 5.32 Å². The Kier molecular flexibility index (Phi) is 5.21. The number of piperidine rings is 1. The lowest BCUT2D eigenvalue weighted by atomic mass is 9.90. The molecular formula is C16H26N2. The monoisotopic (exact) mass is 246 g/mol. The van der Waals surface area contributed by atoms with Gasteiger partial charge in [-0.2, -0.15) is 0 Å². The summed E-state index contributed by atoms with van der Waals surface area (Å²) in [6.45, 7) is 9.36. The lowest BCUT2D eigenvalue weighted by Gasteiger charge is -2.34. The zero-order valence-corrected chi connectivity index (χ0v) is 11.7. The molecule has 1 heterocycles.